The number of nitrogens with zero attached hydrogens (tertiary/aromatic N) is 2. The minimum absolute atomic E-state index is 0.221. The van der Waals surface area contributed by atoms with Crippen LogP contribution in [0.5, 0.6) is 0 Å². The molecule has 9 heteroatoms. The average molecular weight is 434 g/mol. The zero-order valence-corrected chi connectivity index (χ0v) is 17.7. The van der Waals surface area contributed by atoms with Crippen LogP contribution in [0.1, 0.15) is 29.0 Å². The van der Waals surface area contributed by atoms with Crippen molar-refractivity contribution in [2.24, 2.45) is 0 Å². The van der Waals surface area contributed by atoms with Crippen molar-refractivity contribution in [3.8, 4) is 5.69 Å². The predicted octanol–water partition coefficient (Wildman–Crippen LogP) is 3.63. The van der Waals surface area contributed by atoms with Gasteiger partial charge in [-0.15, -0.1) is 0 Å². The summed E-state index contributed by atoms with van der Waals surface area (Å²) in [5.41, 5.74) is 1.72. The van der Waals surface area contributed by atoms with E-state index in [1.165, 1.54) is 42.2 Å². The van der Waals surface area contributed by atoms with Crippen molar-refractivity contribution in [3.63, 3.8) is 0 Å². The van der Waals surface area contributed by atoms with E-state index in [0.29, 0.717) is 16.5 Å². The van der Waals surface area contributed by atoms with Crippen molar-refractivity contribution < 1.29 is 17.6 Å². The maximum Gasteiger partial charge on any atom is 0.270 e. The Morgan fingerprint density at radius 1 is 1.14 bits per heavy atom. The van der Waals surface area contributed by atoms with Crippen LogP contribution in [0.15, 0.2) is 64.8 Å². The smallest absolute Gasteiger partial charge is 0.270 e. The van der Waals surface area contributed by atoms with Gasteiger partial charge in [0.25, 0.3) is 5.91 Å². The SMILES string of the molecule is CSc1ncc(C(=O)NC(C)c2ccc(S(C)(=O)=O)cc2)n1-c1ccc(F)cc1. The van der Waals surface area contributed by atoms with Gasteiger partial charge in [-0.1, -0.05) is 23.9 Å². The van der Waals surface area contributed by atoms with Gasteiger partial charge in [-0.25, -0.2) is 17.8 Å². The number of rotatable bonds is 6. The lowest BCUT2D eigenvalue weighted by Gasteiger charge is -2.16. The first kappa shape index (κ1) is 21.1. The summed E-state index contributed by atoms with van der Waals surface area (Å²) in [6.45, 7) is 1.81. The van der Waals surface area contributed by atoms with Gasteiger partial charge >= 0.3 is 0 Å². The van der Waals surface area contributed by atoms with Gasteiger partial charge in [-0.3, -0.25) is 9.36 Å². The largest absolute Gasteiger partial charge is 0.344 e. The van der Waals surface area contributed by atoms with Crippen molar-refractivity contribution >= 4 is 27.5 Å². The van der Waals surface area contributed by atoms with Crippen molar-refractivity contribution in [2.45, 2.75) is 23.0 Å². The Labute approximate surface area is 173 Å². The molecule has 3 aromatic rings. The minimum Gasteiger partial charge on any atom is -0.344 e. The summed E-state index contributed by atoms with van der Waals surface area (Å²) >= 11 is 1.37. The standard InChI is InChI=1S/C20H20FN3O3S2/c1-13(14-4-10-17(11-5-14)29(3,26)27)23-19(25)18-12-22-20(28-2)24(18)16-8-6-15(21)7-9-16/h4-13H,1-3H3,(H,23,25). The Kier molecular flexibility index (Phi) is 6.09. The third kappa shape index (κ3) is 4.68. The fourth-order valence-corrected chi connectivity index (χ4v) is 4.01. The molecule has 3 rings (SSSR count). The molecule has 0 aliphatic heterocycles. The highest BCUT2D eigenvalue weighted by Crippen LogP contribution is 2.23. The molecule has 0 aliphatic rings. The molecule has 0 spiro atoms. The summed E-state index contributed by atoms with van der Waals surface area (Å²) in [5, 5.41) is 3.50. The van der Waals surface area contributed by atoms with Crippen LogP contribution in [0.2, 0.25) is 0 Å². The normalized spacial score (nSPS) is 12.6. The zero-order chi connectivity index (χ0) is 21.2. The van der Waals surface area contributed by atoms with Crippen LogP contribution >= 0.6 is 11.8 Å². The number of carbonyl (C=O) groups is 1. The molecule has 6 nitrogen and oxygen atoms in total. The highest BCUT2D eigenvalue weighted by molar-refractivity contribution is 7.98. The first-order valence-corrected chi connectivity index (χ1v) is 11.8. The number of hydrogen-bond acceptors (Lipinski definition) is 5. The monoisotopic (exact) mass is 433 g/mol. The summed E-state index contributed by atoms with van der Waals surface area (Å²) in [6.07, 6.45) is 4.47. The Morgan fingerprint density at radius 3 is 2.31 bits per heavy atom. The Morgan fingerprint density at radius 2 is 1.76 bits per heavy atom. The van der Waals surface area contributed by atoms with Crippen molar-refractivity contribution in [2.75, 3.05) is 12.5 Å². The van der Waals surface area contributed by atoms with E-state index in [9.17, 15) is 17.6 Å². The molecule has 152 valence electrons. The molecule has 1 amide bonds. The van der Waals surface area contributed by atoms with E-state index >= 15 is 0 Å². The number of sulfone groups is 1. The number of imidazole rings is 1. The summed E-state index contributed by atoms with van der Waals surface area (Å²) in [6, 6.07) is 11.8. The maximum atomic E-state index is 13.3. The summed E-state index contributed by atoms with van der Waals surface area (Å²) < 4.78 is 38.1. The van der Waals surface area contributed by atoms with Crippen LogP contribution < -0.4 is 5.32 Å². The van der Waals surface area contributed by atoms with Gasteiger partial charge < -0.3 is 5.32 Å². The molecule has 1 heterocycles. The van der Waals surface area contributed by atoms with Crippen LogP contribution in [0.25, 0.3) is 5.69 Å². The Balaban J connectivity index is 1.86. The van der Waals surface area contributed by atoms with Gasteiger partial charge in [0.05, 0.1) is 17.1 Å². The number of thioether (sulfide) groups is 1. The maximum absolute atomic E-state index is 13.3. The molecule has 29 heavy (non-hydrogen) atoms. The Hall–Kier alpha value is -2.65. The number of benzene rings is 2. The van der Waals surface area contributed by atoms with E-state index in [1.54, 1.807) is 35.8 Å². The van der Waals surface area contributed by atoms with Crippen LogP contribution in [0.4, 0.5) is 4.39 Å². The summed E-state index contributed by atoms with van der Waals surface area (Å²) in [4.78, 5) is 17.4. The van der Waals surface area contributed by atoms with Crippen molar-refractivity contribution in [1.82, 2.24) is 14.9 Å². The van der Waals surface area contributed by atoms with E-state index in [2.05, 4.69) is 10.3 Å². The second kappa shape index (κ2) is 8.38. The van der Waals surface area contributed by atoms with Crippen molar-refractivity contribution in [1.29, 1.82) is 0 Å². The molecule has 1 unspecified atom stereocenters. The first-order valence-electron chi connectivity index (χ1n) is 8.69. The molecule has 0 aliphatic carbocycles. The highest BCUT2D eigenvalue weighted by Gasteiger charge is 2.20. The van der Waals surface area contributed by atoms with Gasteiger partial charge in [-0.05, 0) is 55.1 Å². The summed E-state index contributed by atoms with van der Waals surface area (Å²) in [5.74, 6) is -0.710. The highest BCUT2D eigenvalue weighted by atomic mass is 32.2. The number of carbonyl (C=O) groups excluding carboxylic acids is 1. The number of halogens is 1. The summed E-state index contributed by atoms with van der Waals surface area (Å²) in [7, 11) is -3.28. The zero-order valence-electron chi connectivity index (χ0n) is 16.1. The Bertz CT molecular complexity index is 1120. The van der Waals surface area contributed by atoms with Crippen molar-refractivity contribution in [3.05, 3.63) is 71.8 Å². The molecule has 0 fully saturated rings. The van der Waals surface area contributed by atoms with Gasteiger partial charge in [-0.2, -0.15) is 0 Å². The molecule has 0 radical (unpaired) electrons. The van der Waals surface area contributed by atoms with E-state index in [1.807, 2.05) is 6.26 Å². The molecule has 2 aromatic carbocycles. The molecular weight excluding hydrogens is 413 g/mol. The van der Waals surface area contributed by atoms with Crippen LogP contribution in [0.3, 0.4) is 0 Å². The van der Waals surface area contributed by atoms with E-state index in [0.717, 1.165) is 11.8 Å². The number of hydrogen-bond donors (Lipinski definition) is 1. The van der Waals surface area contributed by atoms with E-state index in [4.69, 9.17) is 0 Å². The lowest BCUT2D eigenvalue weighted by Crippen LogP contribution is -2.28. The van der Waals surface area contributed by atoms with Crippen LogP contribution in [0, 0.1) is 5.82 Å². The molecule has 1 N–H and O–H groups in total. The number of aromatic nitrogens is 2. The fraction of sp³-hybridized carbons (Fsp3) is 0.200. The second-order valence-corrected chi connectivity index (χ2v) is 9.27. The van der Waals surface area contributed by atoms with E-state index < -0.39 is 9.84 Å². The number of nitrogens with one attached hydrogen (secondary N) is 1. The third-order valence-electron chi connectivity index (χ3n) is 4.39. The van der Waals surface area contributed by atoms with Gasteiger partial charge in [0.1, 0.15) is 11.5 Å². The number of amides is 1. The van der Waals surface area contributed by atoms with E-state index in [-0.39, 0.29) is 22.7 Å². The predicted molar refractivity (Wildman–Crippen MR) is 111 cm³/mol. The topological polar surface area (TPSA) is 81.1 Å². The molecule has 0 saturated carbocycles. The van der Waals surface area contributed by atoms with Gasteiger partial charge in [0, 0.05) is 11.9 Å². The molecule has 0 bridgehead atoms. The first-order chi connectivity index (χ1) is 13.7. The molecule has 0 saturated heterocycles. The third-order valence-corrected chi connectivity index (χ3v) is 6.17. The van der Waals surface area contributed by atoms with Gasteiger partial charge in [0.2, 0.25) is 0 Å². The van der Waals surface area contributed by atoms with Crippen LogP contribution in [-0.2, 0) is 9.84 Å². The lowest BCUT2D eigenvalue weighted by molar-refractivity contribution is 0.0932. The molecule has 1 aromatic heterocycles. The average Bonchev–Trinajstić information content (AvgIpc) is 3.12. The van der Waals surface area contributed by atoms with Crippen LogP contribution in [-0.4, -0.2) is 36.4 Å². The quantitative estimate of drug-likeness (QED) is 0.601. The minimum atomic E-state index is -3.28. The lowest BCUT2D eigenvalue weighted by atomic mass is 10.1. The second-order valence-electron chi connectivity index (χ2n) is 6.48. The molecular formula is C20H20FN3O3S2. The van der Waals surface area contributed by atoms with Gasteiger partial charge in [0.15, 0.2) is 15.0 Å². The fourth-order valence-electron chi connectivity index (χ4n) is 2.84. The molecule has 1 atom stereocenters.